The number of aryl methyl sites for hydroxylation is 2. The van der Waals surface area contributed by atoms with Crippen LogP contribution in [0.5, 0.6) is 0 Å². The van der Waals surface area contributed by atoms with Crippen molar-refractivity contribution in [2.24, 2.45) is 0 Å². The van der Waals surface area contributed by atoms with Crippen molar-refractivity contribution in [1.29, 1.82) is 0 Å². The number of hydrogen-bond donors (Lipinski definition) is 2. The number of ether oxygens (including phenoxy) is 1. The Labute approximate surface area is 254 Å². The molecule has 0 fully saturated rings. The van der Waals surface area contributed by atoms with Crippen molar-refractivity contribution in [3.8, 4) is 0 Å². The summed E-state index contributed by atoms with van der Waals surface area (Å²) in [4.78, 5) is 43.0. The molecule has 2 unspecified atom stereocenters. The first-order valence-corrected chi connectivity index (χ1v) is 14.7. The number of carbonyl (C=O) groups is 3. The molecule has 43 heavy (non-hydrogen) atoms. The molecule has 224 valence electrons. The number of carbonyl (C=O) groups excluding carboxylic acids is 3. The van der Waals surface area contributed by atoms with E-state index >= 15 is 0 Å². The average Bonchev–Trinajstić information content (AvgIpc) is 2.94. The Morgan fingerprint density at radius 1 is 0.814 bits per heavy atom. The number of nitrogens with one attached hydrogen (secondary N) is 2. The molecule has 0 spiro atoms. The van der Waals surface area contributed by atoms with Gasteiger partial charge in [-0.1, -0.05) is 90.0 Å². The van der Waals surface area contributed by atoms with Gasteiger partial charge in [-0.2, -0.15) is 0 Å². The zero-order chi connectivity index (χ0) is 31.1. The van der Waals surface area contributed by atoms with E-state index in [4.69, 9.17) is 4.74 Å². The quantitative estimate of drug-likeness (QED) is 0.221. The van der Waals surface area contributed by atoms with Crippen LogP contribution in [0.25, 0.3) is 10.8 Å². The van der Waals surface area contributed by atoms with E-state index in [2.05, 4.69) is 10.6 Å². The van der Waals surface area contributed by atoms with Crippen molar-refractivity contribution in [2.75, 3.05) is 11.9 Å². The highest BCUT2D eigenvalue weighted by Gasteiger charge is 2.36. The lowest BCUT2D eigenvalue weighted by molar-refractivity contribution is -0.140. The summed E-state index contributed by atoms with van der Waals surface area (Å²) < 4.78 is 5.51. The Morgan fingerprint density at radius 2 is 1.44 bits per heavy atom. The van der Waals surface area contributed by atoms with Crippen LogP contribution in [-0.4, -0.2) is 41.0 Å². The van der Waals surface area contributed by atoms with Crippen LogP contribution in [0, 0.1) is 13.8 Å². The van der Waals surface area contributed by atoms with Crippen molar-refractivity contribution >= 4 is 34.4 Å². The average molecular weight is 580 g/mol. The predicted octanol–water partition coefficient (Wildman–Crippen LogP) is 7.12. The van der Waals surface area contributed by atoms with Gasteiger partial charge in [0.1, 0.15) is 17.7 Å². The van der Waals surface area contributed by atoms with Gasteiger partial charge in [0.2, 0.25) is 5.91 Å². The molecule has 0 saturated heterocycles. The van der Waals surface area contributed by atoms with E-state index in [0.717, 1.165) is 27.5 Å². The van der Waals surface area contributed by atoms with Gasteiger partial charge in [0.15, 0.2) is 0 Å². The predicted molar refractivity (Wildman–Crippen MR) is 172 cm³/mol. The molecule has 0 heterocycles. The molecule has 2 atom stereocenters. The summed E-state index contributed by atoms with van der Waals surface area (Å²) in [5, 5.41) is 7.91. The van der Waals surface area contributed by atoms with Crippen LogP contribution in [0.4, 0.5) is 10.5 Å². The fourth-order valence-electron chi connectivity index (χ4n) is 5.28. The number of fused-ring (bicyclic) bond motifs is 1. The second-order valence-electron chi connectivity index (χ2n) is 11.9. The van der Waals surface area contributed by atoms with Crippen molar-refractivity contribution in [3.63, 3.8) is 0 Å². The van der Waals surface area contributed by atoms with Crippen molar-refractivity contribution in [2.45, 2.75) is 65.6 Å². The van der Waals surface area contributed by atoms with Gasteiger partial charge in [-0.25, -0.2) is 4.79 Å². The van der Waals surface area contributed by atoms with E-state index in [0.29, 0.717) is 11.3 Å². The number of hydrogen-bond acceptors (Lipinski definition) is 4. The van der Waals surface area contributed by atoms with Crippen molar-refractivity contribution in [1.82, 2.24) is 10.2 Å². The minimum Gasteiger partial charge on any atom is -0.444 e. The van der Waals surface area contributed by atoms with Gasteiger partial charge < -0.3 is 20.3 Å². The third-order valence-corrected chi connectivity index (χ3v) is 7.03. The van der Waals surface area contributed by atoms with Gasteiger partial charge in [-0.15, -0.1) is 0 Å². The van der Waals surface area contributed by atoms with Gasteiger partial charge in [0.25, 0.3) is 5.91 Å². The lowest BCUT2D eigenvalue weighted by Gasteiger charge is -2.34. The van der Waals surface area contributed by atoms with Crippen LogP contribution in [0.3, 0.4) is 0 Å². The van der Waals surface area contributed by atoms with E-state index < -0.39 is 23.8 Å². The molecule has 0 aromatic heterocycles. The smallest absolute Gasteiger partial charge is 0.408 e. The van der Waals surface area contributed by atoms with Gasteiger partial charge >= 0.3 is 6.09 Å². The number of rotatable bonds is 9. The third-order valence-electron chi connectivity index (χ3n) is 7.03. The van der Waals surface area contributed by atoms with Gasteiger partial charge in [-0.3, -0.25) is 9.59 Å². The molecule has 4 aromatic rings. The Morgan fingerprint density at radius 3 is 2.07 bits per heavy atom. The molecule has 7 nitrogen and oxygen atoms in total. The number of amides is 3. The lowest BCUT2D eigenvalue weighted by Crippen LogP contribution is -2.53. The third kappa shape index (κ3) is 8.44. The first-order valence-electron chi connectivity index (χ1n) is 14.7. The molecule has 4 aromatic carbocycles. The fraction of sp³-hybridized carbons (Fsp3) is 0.306. The van der Waals surface area contributed by atoms with Crippen LogP contribution in [0.15, 0.2) is 91.0 Å². The zero-order valence-corrected chi connectivity index (χ0v) is 25.8. The zero-order valence-electron chi connectivity index (χ0n) is 25.8. The SMILES string of the molecule is CCN(C(=O)C(Cc1ccccc1)NC(=O)OC(C)(C)C)C(C(=O)Nc1ccc2ccccc2c1)c1cc(C)cc(C)c1. The minimum absolute atomic E-state index is 0.237. The summed E-state index contributed by atoms with van der Waals surface area (Å²) >= 11 is 0. The van der Waals surface area contributed by atoms with Crippen LogP contribution < -0.4 is 10.6 Å². The van der Waals surface area contributed by atoms with Crippen molar-refractivity contribution in [3.05, 3.63) is 113 Å². The van der Waals surface area contributed by atoms with E-state index in [9.17, 15) is 14.4 Å². The summed E-state index contributed by atoms with van der Waals surface area (Å²) in [6, 6.07) is 27.1. The van der Waals surface area contributed by atoms with Crippen LogP contribution in [0.1, 0.15) is 56.0 Å². The maximum absolute atomic E-state index is 14.4. The minimum atomic E-state index is -0.959. The molecule has 0 saturated carbocycles. The molecule has 3 amide bonds. The Hall–Kier alpha value is -4.65. The maximum atomic E-state index is 14.4. The van der Waals surface area contributed by atoms with Crippen LogP contribution in [0.2, 0.25) is 0 Å². The van der Waals surface area contributed by atoms with Gasteiger partial charge in [0, 0.05) is 18.7 Å². The van der Waals surface area contributed by atoms with Crippen LogP contribution in [-0.2, 0) is 20.7 Å². The summed E-state index contributed by atoms with van der Waals surface area (Å²) in [5.74, 6) is -0.721. The molecular weight excluding hydrogens is 538 g/mol. The number of alkyl carbamates (subject to hydrolysis) is 1. The second-order valence-corrected chi connectivity index (χ2v) is 11.9. The Kier molecular flexibility index (Phi) is 9.86. The lowest BCUT2D eigenvalue weighted by atomic mass is 9.97. The molecule has 0 aliphatic carbocycles. The number of anilines is 1. The Balaban J connectivity index is 1.72. The summed E-state index contributed by atoms with van der Waals surface area (Å²) in [7, 11) is 0. The first kappa shape index (κ1) is 31.3. The molecule has 0 aliphatic rings. The fourth-order valence-corrected chi connectivity index (χ4v) is 5.28. The second kappa shape index (κ2) is 13.6. The molecule has 0 aliphatic heterocycles. The molecule has 7 heteroatoms. The highest BCUT2D eigenvalue weighted by Crippen LogP contribution is 2.28. The number of nitrogens with zero attached hydrogens (tertiary/aromatic N) is 1. The molecular formula is C36H41N3O4. The normalized spacial score (nSPS) is 12.7. The highest BCUT2D eigenvalue weighted by atomic mass is 16.6. The number of likely N-dealkylation sites (N-methyl/N-ethyl adjacent to an activating group) is 1. The standard InChI is InChI=1S/C36H41N3O4/c1-7-39(34(41)31(22-26-13-9-8-10-14-26)38-35(42)43-36(4,5)6)32(29-20-24(2)19-25(3)21-29)33(40)37-30-18-17-27-15-11-12-16-28(27)23-30/h8-21,23,31-32H,7,22H2,1-6H3,(H,37,40)(H,38,42). The monoisotopic (exact) mass is 579 g/mol. The molecule has 0 radical (unpaired) electrons. The van der Waals surface area contributed by atoms with E-state index in [-0.39, 0.29) is 24.8 Å². The first-order chi connectivity index (χ1) is 20.4. The van der Waals surface area contributed by atoms with Crippen LogP contribution >= 0.6 is 0 Å². The van der Waals surface area contributed by atoms with E-state index in [1.165, 1.54) is 4.90 Å². The van der Waals surface area contributed by atoms with E-state index in [1.54, 1.807) is 20.8 Å². The summed E-state index contributed by atoms with van der Waals surface area (Å²) in [6.45, 7) is 11.3. The molecule has 4 rings (SSSR count). The highest BCUT2D eigenvalue weighted by molar-refractivity contribution is 6.00. The Bertz CT molecular complexity index is 1570. The van der Waals surface area contributed by atoms with Crippen molar-refractivity contribution < 1.29 is 19.1 Å². The van der Waals surface area contributed by atoms with E-state index in [1.807, 2.05) is 112 Å². The molecule has 0 bridgehead atoms. The summed E-state index contributed by atoms with van der Waals surface area (Å²) in [5.41, 5.74) is 3.42. The molecule has 2 N–H and O–H groups in total. The topological polar surface area (TPSA) is 87.7 Å². The van der Waals surface area contributed by atoms with Gasteiger partial charge in [0.05, 0.1) is 0 Å². The van der Waals surface area contributed by atoms with Gasteiger partial charge in [-0.05, 0) is 75.6 Å². The maximum Gasteiger partial charge on any atom is 0.408 e. The largest absolute Gasteiger partial charge is 0.444 e. The number of benzene rings is 4. The summed E-state index contributed by atoms with van der Waals surface area (Å²) in [6.07, 6.45) is -0.456.